The van der Waals surface area contributed by atoms with Crippen LogP contribution in [0.4, 0.5) is 0 Å². The van der Waals surface area contributed by atoms with Crippen molar-refractivity contribution in [3.05, 3.63) is 0 Å². The zero-order valence-corrected chi connectivity index (χ0v) is 14.0. The minimum Gasteiger partial charge on any atom is -0.355 e. The van der Waals surface area contributed by atoms with E-state index in [-0.39, 0.29) is 11.9 Å². The lowest BCUT2D eigenvalue weighted by atomic mass is 10.0. The topological polar surface area (TPSA) is 44.4 Å². The molecule has 1 amide bonds. The largest absolute Gasteiger partial charge is 0.355 e. The van der Waals surface area contributed by atoms with Crippen LogP contribution in [0.5, 0.6) is 0 Å². The van der Waals surface area contributed by atoms with Gasteiger partial charge in [0.25, 0.3) is 0 Å². The van der Waals surface area contributed by atoms with Gasteiger partial charge >= 0.3 is 0 Å². The number of nitrogens with one attached hydrogen (secondary N) is 2. The minimum atomic E-state index is 0.0153. The molecule has 1 saturated carbocycles. The highest BCUT2D eigenvalue weighted by Crippen LogP contribution is 2.28. The molecule has 2 rings (SSSR count). The second kappa shape index (κ2) is 8.14. The van der Waals surface area contributed by atoms with Gasteiger partial charge in [-0.25, -0.2) is 0 Å². The summed E-state index contributed by atoms with van der Waals surface area (Å²) in [5, 5.41) is 6.77. The van der Waals surface area contributed by atoms with Crippen molar-refractivity contribution in [2.75, 3.05) is 26.2 Å². The van der Waals surface area contributed by atoms with Gasteiger partial charge < -0.3 is 10.6 Å². The molecule has 21 heavy (non-hydrogen) atoms. The summed E-state index contributed by atoms with van der Waals surface area (Å²) in [6.07, 6.45) is 6.25. The number of carbonyl (C=O) groups excluding carboxylic acids is 1. The average molecular weight is 295 g/mol. The fourth-order valence-corrected chi connectivity index (χ4v) is 2.94. The highest BCUT2D eigenvalue weighted by atomic mass is 16.2. The summed E-state index contributed by atoms with van der Waals surface area (Å²) in [5.74, 6) is 1.79. The molecule has 0 bridgehead atoms. The zero-order valence-electron chi connectivity index (χ0n) is 14.0. The smallest absolute Gasteiger partial charge is 0.237 e. The van der Waals surface area contributed by atoms with Crippen molar-refractivity contribution in [2.24, 2.45) is 11.8 Å². The summed E-state index contributed by atoms with van der Waals surface area (Å²) in [4.78, 5) is 14.5. The molecule has 0 spiro atoms. The van der Waals surface area contributed by atoms with Gasteiger partial charge in [-0.2, -0.15) is 0 Å². The SMILES string of the molecule is CC(C)CCNC(=O)C(C)N1CCC(NCC2CC2)CC1. The van der Waals surface area contributed by atoms with Crippen molar-refractivity contribution in [3.8, 4) is 0 Å². The Bertz CT molecular complexity index is 320. The average Bonchev–Trinajstić information content (AvgIpc) is 3.28. The molecule has 0 radical (unpaired) electrons. The van der Waals surface area contributed by atoms with Crippen molar-refractivity contribution in [2.45, 2.75) is 65.0 Å². The standard InChI is InChI=1S/C17H33N3O/c1-13(2)6-9-18-17(21)14(3)20-10-7-16(8-11-20)19-12-15-4-5-15/h13-16,19H,4-12H2,1-3H3,(H,18,21). The van der Waals surface area contributed by atoms with Crippen LogP contribution in [0.1, 0.15) is 52.9 Å². The Balaban J connectivity index is 1.61. The third-order valence-electron chi connectivity index (χ3n) is 4.87. The normalized spacial score (nSPS) is 22.5. The van der Waals surface area contributed by atoms with E-state index in [2.05, 4.69) is 29.4 Å². The number of nitrogens with zero attached hydrogens (tertiary/aromatic N) is 1. The molecule has 0 aromatic carbocycles. The number of hydrogen-bond acceptors (Lipinski definition) is 3. The van der Waals surface area contributed by atoms with E-state index < -0.39 is 0 Å². The van der Waals surface area contributed by atoms with Crippen molar-refractivity contribution in [1.29, 1.82) is 0 Å². The Morgan fingerprint density at radius 3 is 2.38 bits per heavy atom. The fraction of sp³-hybridized carbons (Fsp3) is 0.941. The van der Waals surface area contributed by atoms with Gasteiger partial charge in [-0.1, -0.05) is 13.8 Å². The summed E-state index contributed by atoms with van der Waals surface area (Å²) < 4.78 is 0. The first-order valence-electron chi connectivity index (χ1n) is 8.81. The molecule has 4 nitrogen and oxygen atoms in total. The lowest BCUT2D eigenvalue weighted by molar-refractivity contribution is -0.126. The van der Waals surface area contributed by atoms with Gasteiger partial charge in [-0.05, 0) is 57.4 Å². The van der Waals surface area contributed by atoms with E-state index in [9.17, 15) is 4.79 Å². The summed E-state index contributed by atoms with van der Waals surface area (Å²) in [6, 6.07) is 0.680. The van der Waals surface area contributed by atoms with Crippen LogP contribution in [-0.4, -0.2) is 49.1 Å². The molecule has 2 N–H and O–H groups in total. The van der Waals surface area contributed by atoms with E-state index in [0.29, 0.717) is 12.0 Å². The lowest BCUT2D eigenvalue weighted by Gasteiger charge is -2.35. The predicted molar refractivity (Wildman–Crippen MR) is 87.2 cm³/mol. The third-order valence-corrected chi connectivity index (χ3v) is 4.87. The van der Waals surface area contributed by atoms with Crippen LogP contribution in [0.15, 0.2) is 0 Å². The minimum absolute atomic E-state index is 0.0153. The predicted octanol–water partition coefficient (Wildman–Crippen LogP) is 2.00. The molecule has 1 saturated heterocycles. The molecule has 2 fully saturated rings. The first-order chi connectivity index (χ1) is 10.1. The van der Waals surface area contributed by atoms with Crippen LogP contribution >= 0.6 is 0 Å². The maximum atomic E-state index is 12.2. The number of rotatable bonds is 8. The summed E-state index contributed by atoms with van der Waals surface area (Å²) in [5.41, 5.74) is 0. The van der Waals surface area contributed by atoms with Crippen LogP contribution in [-0.2, 0) is 4.79 Å². The van der Waals surface area contributed by atoms with Gasteiger partial charge in [0.1, 0.15) is 0 Å². The quantitative estimate of drug-likeness (QED) is 0.720. The van der Waals surface area contributed by atoms with Crippen LogP contribution in [0, 0.1) is 11.8 Å². The zero-order chi connectivity index (χ0) is 15.2. The molecule has 2 aliphatic rings. The van der Waals surface area contributed by atoms with Gasteiger partial charge in [0.2, 0.25) is 5.91 Å². The molecular weight excluding hydrogens is 262 g/mol. The fourth-order valence-electron chi connectivity index (χ4n) is 2.94. The Kier molecular flexibility index (Phi) is 6.49. The third kappa shape index (κ3) is 5.95. The Morgan fingerprint density at radius 1 is 1.14 bits per heavy atom. The summed E-state index contributed by atoms with van der Waals surface area (Å²) in [7, 11) is 0. The van der Waals surface area contributed by atoms with Crippen LogP contribution in [0.2, 0.25) is 0 Å². The van der Waals surface area contributed by atoms with Crippen LogP contribution in [0.3, 0.4) is 0 Å². The highest BCUT2D eigenvalue weighted by molar-refractivity contribution is 5.81. The maximum Gasteiger partial charge on any atom is 0.237 e. The molecule has 1 aliphatic heterocycles. The van der Waals surface area contributed by atoms with Gasteiger partial charge in [-0.3, -0.25) is 9.69 Å². The molecule has 1 unspecified atom stereocenters. The molecule has 0 aromatic heterocycles. The Labute approximate surface area is 130 Å². The molecule has 1 atom stereocenters. The molecular formula is C17H33N3O. The van der Waals surface area contributed by atoms with Crippen molar-refractivity contribution in [1.82, 2.24) is 15.5 Å². The van der Waals surface area contributed by atoms with Crippen LogP contribution in [0.25, 0.3) is 0 Å². The highest BCUT2D eigenvalue weighted by Gasteiger charge is 2.27. The summed E-state index contributed by atoms with van der Waals surface area (Å²) >= 11 is 0. The number of amides is 1. The second-order valence-corrected chi connectivity index (χ2v) is 7.31. The van der Waals surface area contributed by atoms with E-state index in [1.165, 1.54) is 32.2 Å². The molecule has 1 heterocycles. The number of likely N-dealkylation sites (tertiary alicyclic amines) is 1. The Morgan fingerprint density at radius 2 is 1.81 bits per heavy atom. The van der Waals surface area contributed by atoms with E-state index in [1.807, 2.05) is 6.92 Å². The van der Waals surface area contributed by atoms with E-state index >= 15 is 0 Å². The summed E-state index contributed by atoms with van der Waals surface area (Å²) in [6.45, 7) is 10.5. The molecule has 122 valence electrons. The maximum absolute atomic E-state index is 12.2. The number of piperidine rings is 1. The lowest BCUT2D eigenvalue weighted by Crippen LogP contribution is -2.51. The van der Waals surface area contributed by atoms with E-state index in [1.54, 1.807) is 0 Å². The van der Waals surface area contributed by atoms with Crippen LogP contribution < -0.4 is 10.6 Å². The van der Waals surface area contributed by atoms with Crippen molar-refractivity contribution < 1.29 is 4.79 Å². The molecule has 0 aromatic rings. The van der Waals surface area contributed by atoms with Crippen molar-refractivity contribution >= 4 is 5.91 Å². The molecule has 1 aliphatic carbocycles. The van der Waals surface area contributed by atoms with Gasteiger partial charge in [-0.15, -0.1) is 0 Å². The second-order valence-electron chi connectivity index (χ2n) is 7.31. The van der Waals surface area contributed by atoms with Crippen molar-refractivity contribution in [3.63, 3.8) is 0 Å². The number of carbonyl (C=O) groups is 1. The van der Waals surface area contributed by atoms with E-state index in [4.69, 9.17) is 0 Å². The molecule has 4 heteroatoms. The van der Waals surface area contributed by atoms with Gasteiger partial charge in [0.05, 0.1) is 6.04 Å². The monoisotopic (exact) mass is 295 g/mol. The first-order valence-corrected chi connectivity index (χ1v) is 8.81. The van der Waals surface area contributed by atoms with Gasteiger partial charge in [0.15, 0.2) is 0 Å². The number of hydrogen-bond donors (Lipinski definition) is 2. The Hall–Kier alpha value is -0.610. The van der Waals surface area contributed by atoms with E-state index in [0.717, 1.165) is 32.0 Å². The van der Waals surface area contributed by atoms with Gasteiger partial charge in [0, 0.05) is 25.7 Å². The first kappa shape index (κ1) is 16.8.